The van der Waals surface area contributed by atoms with Gasteiger partial charge >= 0.3 is 6.18 Å². The molecular weight excluding hydrogens is 409 g/mol. The first kappa shape index (κ1) is 20.5. The minimum atomic E-state index is -4.30. The van der Waals surface area contributed by atoms with Crippen molar-refractivity contribution in [3.05, 3.63) is 77.4 Å². The molecule has 4 rings (SSSR count). The third-order valence-electron chi connectivity index (χ3n) is 5.23. The highest BCUT2D eigenvalue weighted by Gasteiger charge is 2.37. The molecule has 0 saturated carbocycles. The third-order valence-corrected chi connectivity index (χ3v) is 5.57. The first-order valence-corrected chi connectivity index (χ1v) is 10.1. The van der Waals surface area contributed by atoms with Gasteiger partial charge in [-0.2, -0.15) is 13.2 Å². The number of rotatable bonds is 4. The molecule has 2 aromatic rings. The highest BCUT2D eigenvalue weighted by Crippen LogP contribution is 2.36. The zero-order valence-corrected chi connectivity index (χ0v) is 17.2. The lowest BCUT2D eigenvalue weighted by molar-refractivity contribution is -0.0941. The number of allylic oxidation sites excluding steroid dienone is 2. The molecule has 1 aliphatic carbocycles. The maximum atomic E-state index is 13.2. The van der Waals surface area contributed by atoms with Crippen LogP contribution in [0, 0.1) is 6.92 Å². The van der Waals surface area contributed by atoms with Crippen molar-refractivity contribution in [2.45, 2.75) is 32.0 Å². The monoisotopic (exact) mass is 430 g/mol. The summed E-state index contributed by atoms with van der Waals surface area (Å²) in [6, 6.07) is 14.9. The van der Waals surface area contributed by atoms with Gasteiger partial charge in [0.05, 0.1) is 6.04 Å². The zero-order valence-electron chi connectivity index (χ0n) is 16.4. The number of anilines is 1. The van der Waals surface area contributed by atoms with Crippen molar-refractivity contribution >= 4 is 23.0 Å². The van der Waals surface area contributed by atoms with Crippen LogP contribution in [0.5, 0.6) is 11.5 Å². The van der Waals surface area contributed by atoms with Crippen molar-refractivity contribution in [2.75, 3.05) is 11.4 Å². The van der Waals surface area contributed by atoms with E-state index in [0.29, 0.717) is 29.4 Å². The quantitative estimate of drug-likeness (QED) is 0.596. The van der Waals surface area contributed by atoms with Crippen LogP contribution < -0.4 is 15.0 Å². The van der Waals surface area contributed by atoms with Gasteiger partial charge in [-0.3, -0.25) is 0 Å². The molecule has 0 bridgehead atoms. The number of hydrogen-bond acceptors (Lipinski definition) is 2. The number of hydrogen-bond donors (Lipinski definition) is 1. The van der Waals surface area contributed by atoms with Crippen molar-refractivity contribution in [1.29, 1.82) is 0 Å². The van der Waals surface area contributed by atoms with Gasteiger partial charge in [0, 0.05) is 17.8 Å². The number of aryl methyl sites for hydroxylation is 1. The Kier molecular flexibility index (Phi) is 5.56. The molecule has 0 amide bonds. The zero-order chi connectivity index (χ0) is 21.3. The van der Waals surface area contributed by atoms with Crippen LogP contribution in [0.15, 0.2) is 71.8 Å². The standard InChI is InChI=1S/C23H21F3N2OS/c1-15-5-9-19(10-6-15)29-20-11-7-18(8-12-20)28-21(14-27-22(28)30)16-3-2-4-17(13-16)23(24,25)26/h3,5-13,21H,2,4,14H2,1H3,(H,27,30). The number of thiocarbonyl (C=S) groups is 1. The minimum Gasteiger partial charge on any atom is -0.457 e. The van der Waals surface area contributed by atoms with Crippen molar-refractivity contribution in [2.24, 2.45) is 0 Å². The van der Waals surface area contributed by atoms with E-state index in [1.165, 1.54) is 6.08 Å². The smallest absolute Gasteiger partial charge is 0.412 e. The summed E-state index contributed by atoms with van der Waals surface area (Å²) in [5.41, 5.74) is 2.11. The lowest BCUT2D eigenvalue weighted by Gasteiger charge is -2.28. The van der Waals surface area contributed by atoms with Crippen LogP contribution in [-0.4, -0.2) is 23.9 Å². The van der Waals surface area contributed by atoms with Crippen LogP contribution in [0.25, 0.3) is 0 Å². The molecule has 1 N–H and O–H groups in total. The van der Waals surface area contributed by atoms with E-state index in [4.69, 9.17) is 17.0 Å². The van der Waals surface area contributed by atoms with Crippen LogP contribution in [-0.2, 0) is 0 Å². The van der Waals surface area contributed by atoms with E-state index < -0.39 is 11.7 Å². The SMILES string of the molecule is Cc1ccc(Oc2ccc(N3C(=S)NCC3C3=CCCC(C(F)(F)F)=C3)cc2)cc1. The summed E-state index contributed by atoms with van der Waals surface area (Å²) in [6.45, 7) is 2.48. The molecule has 156 valence electrons. The number of ether oxygens (including phenoxy) is 1. The Morgan fingerprint density at radius 2 is 1.67 bits per heavy atom. The highest BCUT2D eigenvalue weighted by atomic mass is 32.1. The first-order valence-electron chi connectivity index (χ1n) is 9.71. The molecule has 1 unspecified atom stereocenters. The molecule has 2 aliphatic rings. The Bertz CT molecular complexity index is 995. The van der Waals surface area contributed by atoms with Gasteiger partial charge in [0.1, 0.15) is 11.5 Å². The maximum absolute atomic E-state index is 13.2. The van der Waals surface area contributed by atoms with Gasteiger partial charge in [0.15, 0.2) is 5.11 Å². The van der Waals surface area contributed by atoms with Crippen molar-refractivity contribution in [1.82, 2.24) is 5.32 Å². The molecule has 1 heterocycles. The second kappa shape index (κ2) is 8.14. The second-order valence-electron chi connectivity index (χ2n) is 7.39. The van der Waals surface area contributed by atoms with Gasteiger partial charge in [0.25, 0.3) is 0 Å². The van der Waals surface area contributed by atoms with E-state index >= 15 is 0 Å². The van der Waals surface area contributed by atoms with E-state index in [-0.39, 0.29) is 12.5 Å². The Morgan fingerprint density at radius 3 is 2.30 bits per heavy atom. The van der Waals surface area contributed by atoms with Gasteiger partial charge in [-0.15, -0.1) is 0 Å². The highest BCUT2D eigenvalue weighted by molar-refractivity contribution is 7.80. The summed E-state index contributed by atoms with van der Waals surface area (Å²) in [5.74, 6) is 1.41. The van der Waals surface area contributed by atoms with Crippen LogP contribution in [0.4, 0.5) is 18.9 Å². The van der Waals surface area contributed by atoms with Crippen LogP contribution in [0.2, 0.25) is 0 Å². The van der Waals surface area contributed by atoms with Crippen molar-refractivity contribution < 1.29 is 17.9 Å². The number of halogens is 3. The van der Waals surface area contributed by atoms with Gasteiger partial charge < -0.3 is 15.0 Å². The average Bonchev–Trinajstić information content (AvgIpc) is 3.11. The lowest BCUT2D eigenvalue weighted by Crippen LogP contribution is -2.35. The molecule has 3 nitrogen and oxygen atoms in total. The third kappa shape index (κ3) is 4.36. The predicted octanol–water partition coefficient (Wildman–Crippen LogP) is 6.06. The minimum absolute atomic E-state index is 0.0165. The summed E-state index contributed by atoms with van der Waals surface area (Å²) in [4.78, 5) is 1.87. The molecule has 30 heavy (non-hydrogen) atoms. The lowest BCUT2D eigenvalue weighted by atomic mass is 9.94. The molecule has 0 spiro atoms. The van der Waals surface area contributed by atoms with E-state index in [2.05, 4.69) is 5.32 Å². The molecule has 2 aromatic carbocycles. The Labute approximate surface area is 178 Å². The predicted molar refractivity (Wildman–Crippen MR) is 116 cm³/mol. The first-order chi connectivity index (χ1) is 14.3. The number of nitrogens with zero attached hydrogens (tertiary/aromatic N) is 1. The molecule has 0 radical (unpaired) electrons. The Hall–Kier alpha value is -2.80. The summed E-state index contributed by atoms with van der Waals surface area (Å²) < 4.78 is 45.4. The van der Waals surface area contributed by atoms with Crippen LogP contribution in [0.3, 0.4) is 0 Å². The molecule has 0 aromatic heterocycles. The summed E-state index contributed by atoms with van der Waals surface area (Å²) in [7, 11) is 0. The molecular formula is C23H21F3N2OS. The van der Waals surface area contributed by atoms with Crippen LogP contribution >= 0.6 is 12.2 Å². The average molecular weight is 430 g/mol. The molecule has 1 aliphatic heterocycles. The van der Waals surface area contributed by atoms with E-state index in [1.54, 1.807) is 0 Å². The van der Waals surface area contributed by atoms with E-state index in [0.717, 1.165) is 17.0 Å². The molecule has 1 fully saturated rings. The Morgan fingerprint density at radius 1 is 1.03 bits per heavy atom. The van der Waals surface area contributed by atoms with Gasteiger partial charge in [0.2, 0.25) is 0 Å². The van der Waals surface area contributed by atoms with E-state index in [9.17, 15) is 13.2 Å². The maximum Gasteiger partial charge on any atom is 0.412 e. The normalized spacial score (nSPS) is 19.3. The number of alkyl halides is 3. The fourth-order valence-electron chi connectivity index (χ4n) is 3.67. The topological polar surface area (TPSA) is 24.5 Å². The summed E-state index contributed by atoms with van der Waals surface area (Å²) in [5, 5.41) is 3.60. The molecule has 7 heteroatoms. The van der Waals surface area contributed by atoms with Gasteiger partial charge in [-0.25, -0.2) is 0 Å². The van der Waals surface area contributed by atoms with Crippen molar-refractivity contribution in [3.63, 3.8) is 0 Å². The fourth-order valence-corrected chi connectivity index (χ4v) is 3.98. The van der Waals surface area contributed by atoms with E-state index in [1.807, 2.05) is 66.4 Å². The molecule has 1 saturated heterocycles. The van der Waals surface area contributed by atoms with Gasteiger partial charge in [-0.1, -0.05) is 23.8 Å². The second-order valence-corrected chi connectivity index (χ2v) is 7.78. The molecule has 1 atom stereocenters. The largest absolute Gasteiger partial charge is 0.457 e. The fraction of sp³-hybridized carbons (Fsp3) is 0.261. The Balaban J connectivity index is 1.54. The van der Waals surface area contributed by atoms with Crippen molar-refractivity contribution in [3.8, 4) is 11.5 Å². The summed E-state index contributed by atoms with van der Waals surface area (Å²) in [6.07, 6.45) is -0.765. The summed E-state index contributed by atoms with van der Waals surface area (Å²) >= 11 is 5.44. The van der Waals surface area contributed by atoms with Crippen LogP contribution in [0.1, 0.15) is 18.4 Å². The van der Waals surface area contributed by atoms with Gasteiger partial charge in [-0.05, 0) is 80.0 Å². The number of nitrogens with one attached hydrogen (secondary N) is 1. The number of benzene rings is 2.